The van der Waals surface area contributed by atoms with Gasteiger partial charge >= 0.3 is 0 Å². The molecular formula is C12H12F3N3. The van der Waals surface area contributed by atoms with Gasteiger partial charge in [0.2, 0.25) is 0 Å². The van der Waals surface area contributed by atoms with Gasteiger partial charge in [-0.3, -0.25) is 0 Å². The molecule has 18 heavy (non-hydrogen) atoms. The average Bonchev–Trinajstić information content (AvgIpc) is 2.67. The van der Waals surface area contributed by atoms with Crippen molar-refractivity contribution in [2.24, 2.45) is 0 Å². The predicted octanol–water partition coefficient (Wildman–Crippen LogP) is 2.82. The van der Waals surface area contributed by atoms with E-state index in [1.807, 2.05) is 6.92 Å². The summed E-state index contributed by atoms with van der Waals surface area (Å²) in [5.74, 6) is -3.23. The molecule has 2 N–H and O–H groups in total. The maximum atomic E-state index is 13.6. The third-order valence-corrected chi connectivity index (χ3v) is 2.61. The van der Waals surface area contributed by atoms with Crippen LogP contribution in [0.2, 0.25) is 0 Å². The molecule has 0 amide bonds. The summed E-state index contributed by atoms with van der Waals surface area (Å²) in [6.45, 7) is 1.93. The maximum Gasteiger partial charge on any atom is 0.161 e. The number of anilines is 1. The van der Waals surface area contributed by atoms with E-state index in [0.29, 0.717) is 23.9 Å². The monoisotopic (exact) mass is 255 g/mol. The van der Waals surface area contributed by atoms with Crippen molar-refractivity contribution >= 4 is 5.69 Å². The first-order chi connectivity index (χ1) is 8.54. The van der Waals surface area contributed by atoms with Crippen LogP contribution in [-0.2, 0) is 6.42 Å². The molecule has 1 aromatic heterocycles. The van der Waals surface area contributed by atoms with Crippen LogP contribution in [0.4, 0.5) is 18.9 Å². The smallest absolute Gasteiger partial charge is 0.161 e. The lowest BCUT2D eigenvalue weighted by Gasteiger charge is -2.09. The highest BCUT2D eigenvalue weighted by atomic mass is 19.2. The Bertz CT molecular complexity index is 578. The summed E-state index contributed by atoms with van der Waals surface area (Å²) in [6.07, 6.45) is 2.72. The lowest BCUT2D eigenvalue weighted by atomic mass is 10.2. The molecule has 0 saturated carbocycles. The van der Waals surface area contributed by atoms with Crippen molar-refractivity contribution in [1.82, 2.24) is 9.78 Å². The van der Waals surface area contributed by atoms with Crippen LogP contribution in [0.1, 0.15) is 19.0 Å². The molecule has 1 heterocycles. The normalized spacial score (nSPS) is 10.9. The summed E-state index contributed by atoms with van der Waals surface area (Å²) in [5.41, 5.74) is 6.55. The molecule has 0 atom stereocenters. The van der Waals surface area contributed by atoms with Gasteiger partial charge < -0.3 is 5.73 Å². The Morgan fingerprint density at radius 2 is 1.83 bits per heavy atom. The second-order valence-electron chi connectivity index (χ2n) is 3.93. The number of hydrogen-bond acceptors (Lipinski definition) is 2. The fraction of sp³-hybridized carbons (Fsp3) is 0.250. The van der Waals surface area contributed by atoms with Gasteiger partial charge in [0.05, 0.1) is 17.6 Å². The van der Waals surface area contributed by atoms with E-state index in [1.165, 1.54) is 10.9 Å². The lowest BCUT2D eigenvalue weighted by Crippen LogP contribution is -2.07. The highest BCUT2D eigenvalue weighted by Gasteiger charge is 2.16. The fourth-order valence-corrected chi connectivity index (χ4v) is 1.76. The number of halogens is 3. The van der Waals surface area contributed by atoms with Gasteiger partial charge in [0.15, 0.2) is 17.5 Å². The van der Waals surface area contributed by atoms with E-state index in [4.69, 9.17) is 5.73 Å². The third-order valence-electron chi connectivity index (χ3n) is 2.61. The molecule has 0 aliphatic rings. The van der Waals surface area contributed by atoms with Crippen molar-refractivity contribution in [1.29, 1.82) is 0 Å². The highest BCUT2D eigenvalue weighted by Crippen LogP contribution is 2.22. The van der Waals surface area contributed by atoms with Gasteiger partial charge in [-0.1, -0.05) is 13.3 Å². The maximum absolute atomic E-state index is 13.6. The number of nitrogen functional groups attached to an aromatic ring is 1. The highest BCUT2D eigenvalue weighted by molar-refractivity contribution is 5.46. The Morgan fingerprint density at radius 3 is 2.50 bits per heavy atom. The topological polar surface area (TPSA) is 43.8 Å². The molecule has 1 aromatic carbocycles. The average molecular weight is 255 g/mol. The van der Waals surface area contributed by atoms with Gasteiger partial charge in [0, 0.05) is 12.1 Å². The summed E-state index contributed by atoms with van der Waals surface area (Å²) in [6, 6.07) is 1.27. The summed E-state index contributed by atoms with van der Waals surface area (Å²) in [7, 11) is 0. The van der Waals surface area contributed by atoms with Crippen molar-refractivity contribution in [3.63, 3.8) is 0 Å². The molecular weight excluding hydrogens is 243 g/mol. The zero-order valence-corrected chi connectivity index (χ0v) is 9.75. The number of nitrogens with zero attached hydrogens (tertiary/aromatic N) is 2. The molecule has 0 aliphatic heterocycles. The van der Waals surface area contributed by atoms with Gasteiger partial charge in [-0.05, 0) is 6.42 Å². The second-order valence-corrected chi connectivity index (χ2v) is 3.93. The largest absolute Gasteiger partial charge is 0.396 e. The van der Waals surface area contributed by atoms with Crippen LogP contribution in [-0.4, -0.2) is 9.78 Å². The van der Waals surface area contributed by atoms with Crippen molar-refractivity contribution in [2.75, 3.05) is 5.73 Å². The van der Waals surface area contributed by atoms with Gasteiger partial charge in [-0.25, -0.2) is 17.9 Å². The molecule has 3 nitrogen and oxygen atoms in total. The summed E-state index contributed by atoms with van der Waals surface area (Å²) < 4.78 is 40.9. The number of rotatable bonds is 3. The third kappa shape index (κ3) is 2.05. The van der Waals surface area contributed by atoms with Crippen LogP contribution in [0, 0.1) is 17.5 Å². The van der Waals surface area contributed by atoms with Crippen LogP contribution >= 0.6 is 0 Å². The zero-order chi connectivity index (χ0) is 13.3. The molecule has 0 saturated heterocycles. The van der Waals surface area contributed by atoms with Crippen molar-refractivity contribution in [3.8, 4) is 5.69 Å². The standard InChI is InChI=1S/C12H12F3N3/c1-2-3-11-10(16)6-17-18(11)12-5-8(14)7(13)4-9(12)15/h4-6H,2-3,16H2,1H3. The minimum absolute atomic E-state index is 0.144. The summed E-state index contributed by atoms with van der Waals surface area (Å²) >= 11 is 0. The number of benzene rings is 1. The van der Waals surface area contributed by atoms with E-state index in [0.717, 1.165) is 12.5 Å². The summed E-state index contributed by atoms with van der Waals surface area (Å²) in [4.78, 5) is 0. The molecule has 0 bridgehead atoms. The number of aromatic nitrogens is 2. The first-order valence-electron chi connectivity index (χ1n) is 5.52. The van der Waals surface area contributed by atoms with Gasteiger partial charge in [0.25, 0.3) is 0 Å². The van der Waals surface area contributed by atoms with E-state index in [-0.39, 0.29) is 5.69 Å². The first-order valence-corrected chi connectivity index (χ1v) is 5.52. The minimum Gasteiger partial charge on any atom is -0.396 e. The Kier molecular flexibility index (Phi) is 3.27. The molecule has 96 valence electrons. The summed E-state index contributed by atoms with van der Waals surface area (Å²) in [5, 5.41) is 3.90. The van der Waals surface area contributed by atoms with Crippen LogP contribution < -0.4 is 5.73 Å². The molecule has 0 radical (unpaired) electrons. The lowest BCUT2D eigenvalue weighted by molar-refractivity contribution is 0.490. The Balaban J connectivity index is 2.58. The van der Waals surface area contributed by atoms with E-state index < -0.39 is 17.5 Å². The Hall–Kier alpha value is -1.98. The van der Waals surface area contributed by atoms with E-state index >= 15 is 0 Å². The fourth-order valence-electron chi connectivity index (χ4n) is 1.76. The molecule has 0 spiro atoms. The van der Waals surface area contributed by atoms with E-state index in [1.54, 1.807) is 0 Å². The molecule has 2 aromatic rings. The van der Waals surface area contributed by atoms with Crippen LogP contribution in [0.5, 0.6) is 0 Å². The van der Waals surface area contributed by atoms with Gasteiger partial charge in [-0.2, -0.15) is 5.10 Å². The molecule has 0 fully saturated rings. The van der Waals surface area contributed by atoms with Crippen LogP contribution in [0.25, 0.3) is 5.69 Å². The SMILES string of the molecule is CCCc1c(N)cnn1-c1cc(F)c(F)cc1F. The van der Waals surface area contributed by atoms with Crippen LogP contribution in [0.15, 0.2) is 18.3 Å². The number of nitrogens with two attached hydrogens (primary N) is 1. The second kappa shape index (κ2) is 4.72. The van der Waals surface area contributed by atoms with Gasteiger partial charge in [0.1, 0.15) is 5.69 Å². The van der Waals surface area contributed by atoms with Crippen LogP contribution in [0.3, 0.4) is 0 Å². The molecule has 0 unspecified atom stereocenters. The van der Waals surface area contributed by atoms with Gasteiger partial charge in [-0.15, -0.1) is 0 Å². The predicted molar refractivity (Wildman–Crippen MR) is 61.8 cm³/mol. The molecule has 6 heteroatoms. The van der Waals surface area contributed by atoms with Crippen molar-refractivity contribution in [3.05, 3.63) is 41.5 Å². The quantitative estimate of drug-likeness (QED) is 0.857. The van der Waals surface area contributed by atoms with E-state index in [9.17, 15) is 13.2 Å². The molecule has 0 aliphatic carbocycles. The first kappa shape index (κ1) is 12.5. The Morgan fingerprint density at radius 1 is 1.17 bits per heavy atom. The van der Waals surface area contributed by atoms with Crippen molar-refractivity contribution < 1.29 is 13.2 Å². The van der Waals surface area contributed by atoms with Crippen molar-refractivity contribution in [2.45, 2.75) is 19.8 Å². The molecule has 2 rings (SSSR count). The van der Waals surface area contributed by atoms with E-state index in [2.05, 4.69) is 5.10 Å². The minimum atomic E-state index is -1.23. The zero-order valence-electron chi connectivity index (χ0n) is 9.75. The Labute approximate surface area is 102 Å². The number of hydrogen-bond donors (Lipinski definition) is 1.